The molecule has 0 saturated carbocycles. The van der Waals surface area contributed by atoms with E-state index in [-0.39, 0.29) is 9.79 Å². The number of benzene rings is 2. The lowest BCUT2D eigenvalue weighted by atomic mass is 10.3. The predicted octanol–water partition coefficient (Wildman–Crippen LogP) is 1.86. The maximum atomic E-state index is 12.8. The van der Waals surface area contributed by atoms with Crippen LogP contribution in [0.5, 0.6) is 0 Å². The monoisotopic (exact) mass is 454 g/mol. The molecule has 1 N–H and O–H groups in total. The Labute approximate surface area is 174 Å². The van der Waals surface area contributed by atoms with Crippen molar-refractivity contribution in [2.24, 2.45) is 4.40 Å². The van der Waals surface area contributed by atoms with Crippen molar-refractivity contribution in [3.05, 3.63) is 53.6 Å². The van der Waals surface area contributed by atoms with E-state index in [2.05, 4.69) is 9.71 Å². The molecule has 8 nitrogen and oxygen atoms in total. The largest absolute Gasteiger partial charge is 0.341 e. The van der Waals surface area contributed by atoms with Crippen molar-refractivity contribution in [1.82, 2.24) is 9.21 Å². The Bertz CT molecular complexity index is 1160. The van der Waals surface area contributed by atoms with Gasteiger partial charge in [-0.2, -0.15) is 12.7 Å². The van der Waals surface area contributed by atoms with E-state index in [4.69, 9.17) is 11.6 Å². The summed E-state index contributed by atoms with van der Waals surface area (Å²) in [5, 5.41) is 3.54. The number of para-hydroxylation sites is 1. The van der Waals surface area contributed by atoms with Gasteiger partial charge in [-0.05, 0) is 36.4 Å². The number of fused-ring (bicyclic) bond motifs is 1. The summed E-state index contributed by atoms with van der Waals surface area (Å²) < 4.78 is 55.5. The standard InChI is InChI=1S/C18H19ClN4O4S2/c19-14-5-7-15(8-6-14)29(26,27)23-11-9-22(10-12-23)13-18-20-16-3-1-2-4-17(16)28(24,25)21-18/h1-8H,9-13H2,(H,20,21). The lowest BCUT2D eigenvalue weighted by Gasteiger charge is -2.34. The Kier molecular flexibility index (Phi) is 5.38. The summed E-state index contributed by atoms with van der Waals surface area (Å²) in [7, 11) is -7.32. The van der Waals surface area contributed by atoms with Crippen molar-refractivity contribution < 1.29 is 16.8 Å². The minimum atomic E-state index is -3.73. The Hall–Kier alpha value is -1.98. The fourth-order valence-electron chi connectivity index (χ4n) is 3.33. The summed E-state index contributed by atoms with van der Waals surface area (Å²) in [5.41, 5.74) is 0.501. The van der Waals surface area contributed by atoms with Crippen LogP contribution in [-0.2, 0) is 20.0 Å². The summed E-state index contributed by atoms with van der Waals surface area (Å²) in [6.07, 6.45) is 0. The van der Waals surface area contributed by atoms with Gasteiger partial charge in [-0.1, -0.05) is 23.7 Å². The number of anilines is 1. The second kappa shape index (κ2) is 7.69. The summed E-state index contributed by atoms with van der Waals surface area (Å²) in [6.45, 7) is 1.84. The first-order valence-corrected chi connectivity index (χ1v) is 12.2. The van der Waals surface area contributed by atoms with E-state index in [0.717, 1.165) is 0 Å². The molecule has 1 fully saturated rings. The van der Waals surface area contributed by atoms with Gasteiger partial charge < -0.3 is 5.32 Å². The van der Waals surface area contributed by atoms with Gasteiger partial charge in [0.2, 0.25) is 10.0 Å². The van der Waals surface area contributed by atoms with Crippen LogP contribution in [0.25, 0.3) is 0 Å². The van der Waals surface area contributed by atoms with Crippen molar-refractivity contribution >= 4 is 43.2 Å². The van der Waals surface area contributed by atoms with Crippen LogP contribution in [0, 0.1) is 0 Å². The molecule has 2 aromatic carbocycles. The highest BCUT2D eigenvalue weighted by atomic mass is 35.5. The topological polar surface area (TPSA) is 99.2 Å². The second-order valence-corrected chi connectivity index (χ2v) is 10.7. The van der Waals surface area contributed by atoms with Crippen molar-refractivity contribution in [3.8, 4) is 0 Å². The minimum Gasteiger partial charge on any atom is -0.341 e. The third kappa shape index (κ3) is 4.17. The van der Waals surface area contributed by atoms with Crippen molar-refractivity contribution in [3.63, 3.8) is 0 Å². The normalized spacial score (nSPS) is 19.8. The highest BCUT2D eigenvalue weighted by Crippen LogP contribution is 2.27. The third-order valence-corrected chi connectivity index (χ3v) is 8.37. The van der Waals surface area contributed by atoms with Crippen LogP contribution < -0.4 is 5.32 Å². The van der Waals surface area contributed by atoms with Crippen molar-refractivity contribution in [2.75, 3.05) is 38.0 Å². The van der Waals surface area contributed by atoms with Gasteiger partial charge in [0.1, 0.15) is 10.7 Å². The first-order chi connectivity index (χ1) is 13.8. The minimum absolute atomic E-state index is 0.155. The zero-order chi connectivity index (χ0) is 20.6. The lowest BCUT2D eigenvalue weighted by Crippen LogP contribution is -2.50. The molecule has 0 aliphatic carbocycles. The molecule has 0 radical (unpaired) electrons. The smallest absolute Gasteiger partial charge is 0.286 e. The van der Waals surface area contributed by atoms with Crippen molar-refractivity contribution in [1.29, 1.82) is 0 Å². The predicted molar refractivity (Wildman–Crippen MR) is 111 cm³/mol. The Morgan fingerprint density at radius 1 is 1.00 bits per heavy atom. The fraction of sp³-hybridized carbons (Fsp3) is 0.278. The van der Waals surface area contributed by atoms with Crippen LogP contribution in [0.15, 0.2) is 62.7 Å². The number of halogens is 1. The number of rotatable bonds is 4. The second-order valence-electron chi connectivity index (χ2n) is 6.77. The molecule has 0 atom stereocenters. The van der Waals surface area contributed by atoms with Gasteiger partial charge in [0.05, 0.1) is 17.1 Å². The van der Waals surface area contributed by atoms with Gasteiger partial charge >= 0.3 is 0 Å². The van der Waals surface area contributed by atoms with Crippen LogP contribution in [-0.4, -0.2) is 64.6 Å². The molecule has 154 valence electrons. The third-order valence-electron chi connectivity index (χ3n) is 4.83. The first kappa shape index (κ1) is 20.3. The maximum Gasteiger partial charge on any atom is 0.286 e. The van der Waals surface area contributed by atoms with Crippen LogP contribution in [0.3, 0.4) is 0 Å². The maximum absolute atomic E-state index is 12.8. The van der Waals surface area contributed by atoms with Gasteiger partial charge in [0.15, 0.2) is 0 Å². The molecular weight excluding hydrogens is 436 g/mol. The fourth-order valence-corrected chi connectivity index (χ4v) is 6.02. The van der Waals surface area contributed by atoms with E-state index in [9.17, 15) is 16.8 Å². The summed E-state index contributed by atoms with van der Waals surface area (Å²) >= 11 is 5.84. The molecule has 29 heavy (non-hydrogen) atoms. The molecule has 0 spiro atoms. The number of hydrogen-bond acceptors (Lipinski definition) is 6. The van der Waals surface area contributed by atoms with Gasteiger partial charge in [-0.25, -0.2) is 8.42 Å². The van der Waals surface area contributed by atoms with Gasteiger partial charge in [-0.3, -0.25) is 4.90 Å². The zero-order valence-electron chi connectivity index (χ0n) is 15.3. The summed E-state index contributed by atoms with van der Waals surface area (Å²) in [4.78, 5) is 2.34. The number of nitrogens with one attached hydrogen (secondary N) is 1. The van der Waals surface area contributed by atoms with Gasteiger partial charge in [0, 0.05) is 31.2 Å². The molecule has 4 rings (SSSR count). The first-order valence-electron chi connectivity index (χ1n) is 8.94. The molecule has 2 aromatic rings. The molecule has 2 heterocycles. The molecular formula is C18H19ClN4O4S2. The Morgan fingerprint density at radius 3 is 2.34 bits per heavy atom. The van der Waals surface area contributed by atoms with Crippen LogP contribution >= 0.6 is 11.6 Å². The van der Waals surface area contributed by atoms with Crippen LogP contribution in [0.2, 0.25) is 5.02 Å². The summed E-state index contributed by atoms with van der Waals surface area (Å²) in [5.74, 6) is 0.331. The lowest BCUT2D eigenvalue weighted by molar-refractivity contribution is 0.209. The molecule has 0 aromatic heterocycles. The average Bonchev–Trinajstić information content (AvgIpc) is 2.68. The number of piperazine rings is 1. The number of hydrogen-bond donors (Lipinski definition) is 1. The van der Waals surface area contributed by atoms with Crippen molar-refractivity contribution in [2.45, 2.75) is 9.79 Å². The quantitative estimate of drug-likeness (QED) is 0.757. The molecule has 0 bridgehead atoms. The van der Waals surface area contributed by atoms with E-state index < -0.39 is 20.0 Å². The SMILES string of the molecule is O=S1(=O)N=C(CN2CCN(S(=O)(=O)c3ccc(Cl)cc3)CC2)Nc2ccccc21. The van der Waals surface area contributed by atoms with E-state index in [0.29, 0.717) is 49.3 Å². The Balaban J connectivity index is 1.42. The molecule has 2 aliphatic heterocycles. The molecule has 0 amide bonds. The van der Waals surface area contributed by atoms with Crippen LogP contribution in [0.4, 0.5) is 5.69 Å². The van der Waals surface area contributed by atoms with Crippen LogP contribution in [0.1, 0.15) is 0 Å². The molecule has 0 unspecified atom stereocenters. The van der Waals surface area contributed by atoms with E-state index in [1.165, 1.54) is 22.5 Å². The van der Waals surface area contributed by atoms with E-state index in [1.54, 1.807) is 30.3 Å². The summed E-state index contributed by atoms with van der Waals surface area (Å²) in [6, 6.07) is 12.7. The number of nitrogens with zero attached hydrogens (tertiary/aromatic N) is 3. The zero-order valence-corrected chi connectivity index (χ0v) is 17.7. The highest BCUT2D eigenvalue weighted by Gasteiger charge is 2.30. The molecule has 2 aliphatic rings. The average molecular weight is 455 g/mol. The van der Waals surface area contributed by atoms with E-state index >= 15 is 0 Å². The highest BCUT2D eigenvalue weighted by molar-refractivity contribution is 7.90. The van der Waals surface area contributed by atoms with E-state index in [1.807, 2.05) is 4.90 Å². The number of sulfonamides is 2. The van der Waals surface area contributed by atoms with Gasteiger partial charge in [-0.15, -0.1) is 4.40 Å². The molecule has 1 saturated heterocycles. The molecule has 11 heteroatoms. The number of amidine groups is 1. The Morgan fingerprint density at radius 2 is 1.66 bits per heavy atom. The van der Waals surface area contributed by atoms with Gasteiger partial charge in [0.25, 0.3) is 10.0 Å².